The lowest BCUT2D eigenvalue weighted by atomic mass is 10.1. The zero-order valence-electron chi connectivity index (χ0n) is 16.3. The first-order valence-corrected chi connectivity index (χ1v) is 10.5. The van der Waals surface area contributed by atoms with E-state index in [0.717, 1.165) is 26.3 Å². The standard InChI is InChI=1S/C23H22BrClFNO2/c1-3-28-22-10-17(13-27-18-9-8-15(2)20(25)11-18)19(24)12-23(22)29-14-16-6-4-5-7-21(16)26/h4-12,27H,3,13-14H2,1-2H3. The predicted molar refractivity (Wildman–Crippen MR) is 120 cm³/mol. The Hall–Kier alpha value is -2.24. The van der Waals surface area contributed by atoms with Crippen molar-refractivity contribution in [1.29, 1.82) is 0 Å². The Morgan fingerprint density at radius 3 is 2.48 bits per heavy atom. The molecule has 0 bridgehead atoms. The van der Waals surface area contributed by atoms with Crippen LogP contribution in [0.25, 0.3) is 0 Å². The van der Waals surface area contributed by atoms with Crippen molar-refractivity contribution in [2.45, 2.75) is 27.0 Å². The van der Waals surface area contributed by atoms with E-state index in [0.29, 0.717) is 30.2 Å². The highest BCUT2D eigenvalue weighted by atomic mass is 79.9. The molecule has 0 aliphatic heterocycles. The third-order valence-corrected chi connectivity index (χ3v) is 5.55. The third kappa shape index (κ3) is 5.64. The van der Waals surface area contributed by atoms with Crippen LogP contribution in [-0.2, 0) is 13.2 Å². The number of nitrogens with one attached hydrogen (secondary N) is 1. The minimum atomic E-state index is -0.290. The Kier molecular flexibility index (Phi) is 7.40. The summed E-state index contributed by atoms with van der Waals surface area (Å²) in [5.41, 5.74) is 3.47. The molecule has 0 aliphatic carbocycles. The van der Waals surface area contributed by atoms with E-state index in [4.69, 9.17) is 21.1 Å². The predicted octanol–water partition coefficient (Wildman–Crippen LogP) is 7.14. The second-order valence-corrected chi connectivity index (χ2v) is 7.78. The van der Waals surface area contributed by atoms with Crippen LogP contribution in [0.2, 0.25) is 5.02 Å². The fourth-order valence-corrected chi connectivity index (χ4v) is 3.41. The molecule has 3 nitrogen and oxygen atoms in total. The number of hydrogen-bond acceptors (Lipinski definition) is 3. The fraction of sp³-hybridized carbons (Fsp3) is 0.217. The molecule has 152 valence electrons. The first-order chi connectivity index (χ1) is 14.0. The molecule has 0 atom stereocenters. The van der Waals surface area contributed by atoms with Crippen LogP contribution in [0.3, 0.4) is 0 Å². The van der Waals surface area contributed by atoms with Crippen LogP contribution in [-0.4, -0.2) is 6.61 Å². The number of aryl methyl sites for hydroxylation is 1. The molecule has 0 radical (unpaired) electrons. The van der Waals surface area contributed by atoms with Crippen LogP contribution in [0.15, 0.2) is 59.1 Å². The minimum absolute atomic E-state index is 0.124. The molecule has 0 unspecified atom stereocenters. The molecule has 0 fully saturated rings. The summed E-state index contributed by atoms with van der Waals surface area (Å²) in [5, 5.41) is 4.09. The smallest absolute Gasteiger partial charge is 0.162 e. The van der Waals surface area contributed by atoms with Crippen LogP contribution < -0.4 is 14.8 Å². The number of halogens is 3. The first-order valence-electron chi connectivity index (χ1n) is 9.29. The summed E-state index contributed by atoms with van der Waals surface area (Å²) in [6.45, 7) is 5.08. The lowest BCUT2D eigenvalue weighted by Gasteiger charge is -2.16. The molecule has 6 heteroatoms. The van der Waals surface area contributed by atoms with Crippen LogP contribution in [0.5, 0.6) is 11.5 Å². The van der Waals surface area contributed by atoms with Gasteiger partial charge in [0.05, 0.1) is 6.61 Å². The van der Waals surface area contributed by atoms with Crippen molar-refractivity contribution in [2.24, 2.45) is 0 Å². The maximum absolute atomic E-state index is 13.9. The molecule has 0 saturated heterocycles. The first kappa shape index (κ1) is 21.5. The monoisotopic (exact) mass is 477 g/mol. The third-order valence-electron chi connectivity index (χ3n) is 4.41. The van der Waals surface area contributed by atoms with Crippen molar-refractivity contribution >= 4 is 33.2 Å². The zero-order chi connectivity index (χ0) is 20.8. The maximum Gasteiger partial charge on any atom is 0.162 e. The number of hydrogen-bond donors (Lipinski definition) is 1. The molecule has 0 heterocycles. The second kappa shape index (κ2) is 9.99. The molecule has 3 aromatic rings. The summed E-state index contributed by atoms with van der Waals surface area (Å²) in [6, 6.07) is 16.2. The molecular weight excluding hydrogens is 457 g/mol. The lowest BCUT2D eigenvalue weighted by molar-refractivity contribution is 0.265. The van der Waals surface area contributed by atoms with E-state index in [1.807, 2.05) is 44.2 Å². The number of rotatable bonds is 8. The Balaban J connectivity index is 1.76. The van der Waals surface area contributed by atoms with Crippen LogP contribution in [0.1, 0.15) is 23.6 Å². The maximum atomic E-state index is 13.9. The van der Waals surface area contributed by atoms with E-state index in [2.05, 4.69) is 21.2 Å². The summed E-state index contributed by atoms with van der Waals surface area (Å²) >= 11 is 9.80. The van der Waals surface area contributed by atoms with Crippen LogP contribution in [0.4, 0.5) is 10.1 Å². The van der Waals surface area contributed by atoms with Gasteiger partial charge in [0.15, 0.2) is 11.5 Å². The number of ether oxygens (including phenoxy) is 2. The molecule has 1 N–H and O–H groups in total. The van der Waals surface area contributed by atoms with Gasteiger partial charge in [0, 0.05) is 27.3 Å². The highest BCUT2D eigenvalue weighted by Gasteiger charge is 2.12. The van der Waals surface area contributed by atoms with Crippen LogP contribution in [0, 0.1) is 12.7 Å². The van der Waals surface area contributed by atoms with Crippen LogP contribution >= 0.6 is 27.5 Å². The molecule has 0 saturated carbocycles. The molecule has 0 amide bonds. The van der Waals surface area contributed by atoms with Gasteiger partial charge in [-0.05, 0) is 55.3 Å². The van der Waals surface area contributed by atoms with Gasteiger partial charge in [0.1, 0.15) is 12.4 Å². The van der Waals surface area contributed by atoms with Gasteiger partial charge < -0.3 is 14.8 Å². The summed E-state index contributed by atoms with van der Waals surface area (Å²) in [6.07, 6.45) is 0. The van der Waals surface area contributed by atoms with E-state index in [1.54, 1.807) is 18.2 Å². The lowest BCUT2D eigenvalue weighted by Crippen LogP contribution is -2.05. The van der Waals surface area contributed by atoms with Crippen molar-refractivity contribution in [2.75, 3.05) is 11.9 Å². The fourth-order valence-electron chi connectivity index (χ4n) is 2.76. The van der Waals surface area contributed by atoms with E-state index in [9.17, 15) is 4.39 Å². The highest BCUT2D eigenvalue weighted by Crippen LogP contribution is 2.35. The van der Waals surface area contributed by atoms with E-state index in [-0.39, 0.29) is 12.4 Å². The summed E-state index contributed by atoms with van der Waals surface area (Å²) in [4.78, 5) is 0. The molecule has 0 aliphatic rings. The quantitative estimate of drug-likeness (QED) is 0.373. The molecule has 0 aromatic heterocycles. The zero-order valence-corrected chi connectivity index (χ0v) is 18.6. The number of anilines is 1. The van der Waals surface area contributed by atoms with Gasteiger partial charge in [-0.3, -0.25) is 0 Å². The molecule has 0 spiro atoms. The van der Waals surface area contributed by atoms with Crippen molar-refractivity contribution in [3.05, 3.63) is 86.6 Å². The Morgan fingerprint density at radius 1 is 1.00 bits per heavy atom. The van der Waals surface area contributed by atoms with Gasteiger partial charge >= 0.3 is 0 Å². The van der Waals surface area contributed by atoms with Gasteiger partial charge in [0.2, 0.25) is 0 Å². The largest absolute Gasteiger partial charge is 0.490 e. The van der Waals surface area contributed by atoms with Crippen molar-refractivity contribution in [1.82, 2.24) is 0 Å². The summed E-state index contributed by atoms with van der Waals surface area (Å²) < 4.78 is 26.3. The van der Waals surface area contributed by atoms with Gasteiger partial charge in [-0.25, -0.2) is 4.39 Å². The molecular formula is C23H22BrClFNO2. The van der Waals surface area contributed by atoms with Gasteiger partial charge in [0.25, 0.3) is 0 Å². The second-order valence-electron chi connectivity index (χ2n) is 6.52. The highest BCUT2D eigenvalue weighted by molar-refractivity contribution is 9.10. The van der Waals surface area contributed by atoms with E-state index < -0.39 is 0 Å². The van der Waals surface area contributed by atoms with Gasteiger partial charge in [-0.1, -0.05) is 51.8 Å². The van der Waals surface area contributed by atoms with Gasteiger partial charge in [-0.2, -0.15) is 0 Å². The van der Waals surface area contributed by atoms with E-state index >= 15 is 0 Å². The molecule has 3 rings (SSSR count). The summed E-state index contributed by atoms with van der Waals surface area (Å²) in [5.74, 6) is 0.886. The van der Waals surface area contributed by atoms with Crippen molar-refractivity contribution < 1.29 is 13.9 Å². The molecule has 3 aromatic carbocycles. The number of benzene rings is 3. The minimum Gasteiger partial charge on any atom is -0.490 e. The Morgan fingerprint density at radius 2 is 1.76 bits per heavy atom. The Labute approximate surface area is 183 Å². The summed E-state index contributed by atoms with van der Waals surface area (Å²) in [7, 11) is 0. The van der Waals surface area contributed by atoms with Gasteiger partial charge in [-0.15, -0.1) is 0 Å². The average molecular weight is 479 g/mol. The van der Waals surface area contributed by atoms with E-state index in [1.165, 1.54) is 6.07 Å². The molecule has 29 heavy (non-hydrogen) atoms. The van der Waals surface area contributed by atoms with Crippen molar-refractivity contribution in [3.8, 4) is 11.5 Å². The van der Waals surface area contributed by atoms with Crippen molar-refractivity contribution in [3.63, 3.8) is 0 Å². The SMILES string of the molecule is CCOc1cc(CNc2ccc(C)c(Cl)c2)c(Br)cc1OCc1ccccc1F. The average Bonchev–Trinajstić information content (AvgIpc) is 2.70. The topological polar surface area (TPSA) is 30.5 Å². The Bertz CT molecular complexity index is 997. The normalized spacial score (nSPS) is 10.7.